The third-order valence-corrected chi connectivity index (χ3v) is 9.58. The van der Waals surface area contributed by atoms with Gasteiger partial charge in [-0.05, 0) is 78.3 Å². The highest BCUT2D eigenvalue weighted by Gasteiger charge is 2.33. The van der Waals surface area contributed by atoms with Crippen LogP contribution in [0, 0.1) is 5.82 Å². The number of sulfonamides is 1. The van der Waals surface area contributed by atoms with E-state index in [1.165, 1.54) is 23.3 Å². The van der Waals surface area contributed by atoms with Crippen molar-refractivity contribution in [1.29, 1.82) is 0 Å². The lowest BCUT2D eigenvalue weighted by molar-refractivity contribution is -0.137. The minimum Gasteiger partial charge on any atom is -0.379 e. The fourth-order valence-corrected chi connectivity index (χ4v) is 7.01. The van der Waals surface area contributed by atoms with Gasteiger partial charge in [0.25, 0.3) is 0 Å². The Bertz CT molecular complexity index is 1560. The monoisotopic (exact) mass is 633 g/mol. The first-order valence-corrected chi connectivity index (χ1v) is 16.1. The number of nitrogens with one attached hydrogen (secondary N) is 2. The van der Waals surface area contributed by atoms with E-state index in [0.29, 0.717) is 18.1 Å². The van der Waals surface area contributed by atoms with E-state index in [9.17, 15) is 30.8 Å². The molecule has 12 heteroatoms. The molecule has 3 aromatic rings. The summed E-state index contributed by atoms with van der Waals surface area (Å²) < 4.78 is 87.6. The summed E-state index contributed by atoms with van der Waals surface area (Å²) in [5.41, 5.74) is 2.59. The zero-order chi connectivity index (χ0) is 31.3. The number of benzene rings is 3. The molecule has 3 aromatic carbocycles. The lowest BCUT2D eigenvalue weighted by Gasteiger charge is -2.29. The molecule has 7 nitrogen and oxygen atoms in total. The summed E-state index contributed by atoms with van der Waals surface area (Å²) in [6.45, 7) is 4.30. The van der Waals surface area contributed by atoms with E-state index in [1.54, 1.807) is 0 Å². The number of carbonyl (C=O) groups excluding carboxylic acids is 1. The van der Waals surface area contributed by atoms with E-state index < -0.39 is 44.4 Å². The Hall–Kier alpha value is -3.32. The van der Waals surface area contributed by atoms with Crippen LogP contribution < -0.4 is 10.0 Å². The molecule has 1 amide bonds. The smallest absolute Gasteiger partial charge is 0.379 e. The molecule has 1 saturated heterocycles. The summed E-state index contributed by atoms with van der Waals surface area (Å²) in [7, 11) is -4.48. The second-order valence-electron chi connectivity index (χ2n) is 11.2. The normalized spacial score (nSPS) is 18.4. The zero-order valence-electron chi connectivity index (χ0n) is 24.1. The molecule has 44 heavy (non-hydrogen) atoms. The first kappa shape index (κ1) is 32.1. The molecule has 2 N–H and O–H groups in total. The third kappa shape index (κ3) is 8.23. The van der Waals surface area contributed by atoms with Gasteiger partial charge in [0.2, 0.25) is 15.9 Å². The number of fused-ring (bicyclic) bond motifs is 1. The number of hydrogen-bond donors (Lipinski definition) is 2. The minimum absolute atomic E-state index is 0.270. The quantitative estimate of drug-likeness (QED) is 0.295. The Morgan fingerprint density at radius 2 is 1.77 bits per heavy atom. The molecule has 1 aliphatic carbocycles. The van der Waals surface area contributed by atoms with Gasteiger partial charge >= 0.3 is 6.18 Å². The van der Waals surface area contributed by atoms with Crippen molar-refractivity contribution >= 4 is 15.9 Å². The van der Waals surface area contributed by atoms with E-state index in [0.717, 1.165) is 88.0 Å². The van der Waals surface area contributed by atoms with Crippen LogP contribution in [0.4, 0.5) is 17.6 Å². The molecule has 1 aliphatic heterocycles. The Morgan fingerprint density at radius 1 is 1.02 bits per heavy atom. The standard InChI is InChI=1S/C32H35F4N3O4S/c33-26-10-8-23(9-11-26)30(38-44(41,42)27-5-2-4-25(20-27)32(34,35)36)21-31(40)37-29-6-1-3-24-19-22(7-12-28(24)29)13-14-39-15-17-43-18-16-39/h2,4-5,7-12,19-20,29-30,38H,1,3,6,13-18,21H2,(H,37,40)/t29-,30-/m1/s1. The van der Waals surface area contributed by atoms with Gasteiger partial charge in [0.1, 0.15) is 5.82 Å². The minimum atomic E-state index is -4.73. The second kappa shape index (κ2) is 13.8. The Balaban J connectivity index is 1.29. The van der Waals surface area contributed by atoms with E-state index in [1.807, 2.05) is 6.07 Å². The summed E-state index contributed by atoms with van der Waals surface area (Å²) in [6.07, 6.45) is -1.69. The molecule has 2 atom stereocenters. The van der Waals surface area contributed by atoms with Crippen LogP contribution in [0.5, 0.6) is 0 Å². The molecular formula is C32H35F4N3O4S. The summed E-state index contributed by atoms with van der Waals surface area (Å²) in [5, 5.41) is 3.03. The van der Waals surface area contributed by atoms with Crippen molar-refractivity contribution in [2.24, 2.45) is 0 Å². The van der Waals surface area contributed by atoms with Gasteiger partial charge in [0.05, 0.1) is 35.8 Å². The number of morpholine rings is 1. The number of carbonyl (C=O) groups is 1. The largest absolute Gasteiger partial charge is 0.416 e. The van der Waals surface area contributed by atoms with Crippen molar-refractivity contribution in [2.45, 2.75) is 55.3 Å². The Morgan fingerprint density at radius 3 is 2.50 bits per heavy atom. The van der Waals surface area contributed by atoms with Crippen molar-refractivity contribution in [3.05, 3.63) is 100 Å². The maximum Gasteiger partial charge on any atom is 0.416 e. The maximum absolute atomic E-state index is 13.7. The summed E-state index contributed by atoms with van der Waals surface area (Å²) in [6, 6.07) is 13.2. The molecule has 0 unspecified atom stereocenters. The lowest BCUT2D eigenvalue weighted by atomic mass is 9.86. The van der Waals surface area contributed by atoms with E-state index in [-0.39, 0.29) is 12.5 Å². The number of amides is 1. The number of alkyl halides is 3. The van der Waals surface area contributed by atoms with Gasteiger partial charge in [-0.15, -0.1) is 0 Å². The second-order valence-corrected chi connectivity index (χ2v) is 12.9. The van der Waals surface area contributed by atoms with E-state index in [2.05, 4.69) is 27.1 Å². The van der Waals surface area contributed by atoms with E-state index >= 15 is 0 Å². The number of ether oxygens (including phenoxy) is 1. The van der Waals surface area contributed by atoms with Crippen molar-refractivity contribution < 1.29 is 35.5 Å². The van der Waals surface area contributed by atoms with Gasteiger partial charge in [-0.2, -0.15) is 13.2 Å². The highest BCUT2D eigenvalue weighted by atomic mass is 32.2. The predicted octanol–water partition coefficient (Wildman–Crippen LogP) is 5.32. The molecule has 1 fully saturated rings. The molecule has 0 saturated carbocycles. The number of aryl methyl sites for hydroxylation is 1. The lowest BCUT2D eigenvalue weighted by Crippen LogP contribution is -2.37. The molecule has 0 aromatic heterocycles. The van der Waals surface area contributed by atoms with E-state index in [4.69, 9.17) is 4.74 Å². The van der Waals surface area contributed by atoms with Crippen LogP contribution in [0.2, 0.25) is 0 Å². The van der Waals surface area contributed by atoms with Crippen LogP contribution in [0.1, 0.15) is 59.2 Å². The molecule has 1 heterocycles. The SMILES string of the molecule is O=C(C[C@@H](NS(=O)(=O)c1cccc(C(F)(F)F)c1)c1ccc(F)cc1)N[C@@H]1CCCc2cc(CCN3CCOCC3)ccc21. The summed E-state index contributed by atoms with van der Waals surface area (Å²) >= 11 is 0. The molecule has 0 radical (unpaired) electrons. The van der Waals surface area contributed by atoms with Crippen LogP contribution in [0.25, 0.3) is 0 Å². The Labute approximate surface area is 254 Å². The molecule has 0 spiro atoms. The molecular weight excluding hydrogens is 598 g/mol. The van der Waals surface area contributed by atoms with Crippen LogP contribution in [0.15, 0.2) is 71.6 Å². The molecule has 5 rings (SSSR count). The summed E-state index contributed by atoms with van der Waals surface area (Å²) in [4.78, 5) is 15.1. The average molecular weight is 634 g/mol. The average Bonchev–Trinajstić information content (AvgIpc) is 3.00. The molecule has 0 bridgehead atoms. The maximum atomic E-state index is 13.7. The van der Waals surface area contributed by atoms with Crippen molar-refractivity contribution in [3.63, 3.8) is 0 Å². The van der Waals surface area contributed by atoms with Crippen LogP contribution >= 0.6 is 0 Å². The molecule has 2 aliphatic rings. The summed E-state index contributed by atoms with van der Waals surface area (Å²) in [5.74, 6) is -0.999. The fourth-order valence-electron chi connectivity index (χ4n) is 5.74. The van der Waals surface area contributed by atoms with Gasteiger partial charge in [-0.3, -0.25) is 9.69 Å². The van der Waals surface area contributed by atoms with Crippen LogP contribution in [0.3, 0.4) is 0 Å². The molecule has 236 valence electrons. The fraction of sp³-hybridized carbons (Fsp3) is 0.406. The highest BCUT2D eigenvalue weighted by molar-refractivity contribution is 7.89. The van der Waals surface area contributed by atoms with Crippen molar-refractivity contribution in [3.8, 4) is 0 Å². The zero-order valence-corrected chi connectivity index (χ0v) is 24.9. The predicted molar refractivity (Wildman–Crippen MR) is 157 cm³/mol. The van der Waals surface area contributed by atoms with Gasteiger partial charge < -0.3 is 10.1 Å². The van der Waals surface area contributed by atoms with Crippen LogP contribution in [-0.4, -0.2) is 52.1 Å². The Kier molecular flexibility index (Phi) is 10.0. The van der Waals surface area contributed by atoms with Crippen molar-refractivity contribution in [2.75, 3.05) is 32.8 Å². The van der Waals surface area contributed by atoms with Gasteiger partial charge in [0.15, 0.2) is 0 Å². The van der Waals surface area contributed by atoms with Gasteiger partial charge in [-0.25, -0.2) is 17.5 Å². The van der Waals surface area contributed by atoms with Gasteiger partial charge in [-0.1, -0.05) is 36.4 Å². The highest BCUT2D eigenvalue weighted by Crippen LogP contribution is 2.33. The topological polar surface area (TPSA) is 87.7 Å². The van der Waals surface area contributed by atoms with Crippen LogP contribution in [-0.2, 0) is 38.6 Å². The third-order valence-electron chi connectivity index (χ3n) is 8.11. The number of nitrogens with zero attached hydrogens (tertiary/aromatic N) is 1. The number of hydrogen-bond acceptors (Lipinski definition) is 5. The first-order chi connectivity index (χ1) is 21.0. The number of halogens is 4. The number of rotatable bonds is 10. The first-order valence-electron chi connectivity index (χ1n) is 14.6. The van der Waals surface area contributed by atoms with Crippen molar-refractivity contribution in [1.82, 2.24) is 14.9 Å². The van der Waals surface area contributed by atoms with Gasteiger partial charge in [0, 0.05) is 26.1 Å².